The summed E-state index contributed by atoms with van der Waals surface area (Å²) in [5.41, 5.74) is 0.906. The number of tetrazole rings is 1. The van der Waals surface area contributed by atoms with Gasteiger partial charge in [0.15, 0.2) is 0 Å². The van der Waals surface area contributed by atoms with Crippen LogP contribution in [0, 0.1) is 0 Å². The summed E-state index contributed by atoms with van der Waals surface area (Å²) in [6.07, 6.45) is 0. The van der Waals surface area contributed by atoms with Gasteiger partial charge in [-0.3, -0.25) is 9.69 Å². The van der Waals surface area contributed by atoms with Crippen molar-refractivity contribution in [1.29, 1.82) is 0 Å². The van der Waals surface area contributed by atoms with E-state index in [2.05, 4.69) is 20.4 Å². The van der Waals surface area contributed by atoms with Crippen LogP contribution in [0.3, 0.4) is 0 Å². The van der Waals surface area contributed by atoms with E-state index in [-0.39, 0.29) is 0 Å². The molecular weight excluding hydrogens is 284 g/mol. The second-order valence-electron chi connectivity index (χ2n) is 5.26. The molecule has 1 fully saturated rings. The van der Waals surface area contributed by atoms with Crippen molar-refractivity contribution in [1.82, 2.24) is 25.1 Å². The topological polar surface area (TPSA) is 87.4 Å². The molecule has 1 saturated heterocycles. The number of hydrogen-bond acceptors (Lipinski definition) is 6. The van der Waals surface area contributed by atoms with Crippen molar-refractivity contribution >= 4 is 11.9 Å². The van der Waals surface area contributed by atoms with E-state index in [1.165, 1.54) is 0 Å². The van der Waals surface area contributed by atoms with Crippen molar-refractivity contribution in [2.75, 3.05) is 31.1 Å². The molecule has 1 aromatic carbocycles. The van der Waals surface area contributed by atoms with Gasteiger partial charge in [-0.2, -0.15) is 4.68 Å². The van der Waals surface area contributed by atoms with Crippen LogP contribution in [0.25, 0.3) is 5.69 Å². The summed E-state index contributed by atoms with van der Waals surface area (Å²) in [6, 6.07) is 9.25. The molecule has 116 valence electrons. The Balaban J connectivity index is 1.73. The average molecular weight is 302 g/mol. The molecular formula is C14H18N6O2. The molecule has 0 bridgehead atoms. The van der Waals surface area contributed by atoms with Crippen LogP contribution < -0.4 is 4.90 Å². The minimum atomic E-state index is -0.789. The zero-order valence-corrected chi connectivity index (χ0v) is 12.3. The first-order valence-electron chi connectivity index (χ1n) is 7.22. The lowest BCUT2D eigenvalue weighted by Gasteiger charge is -2.36. The summed E-state index contributed by atoms with van der Waals surface area (Å²) in [4.78, 5) is 15.1. The summed E-state index contributed by atoms with van der Waals surface area (Å²) in [5, 5.41) is 21.0. The summed E-state index contributed by atoms with van der Waals surface area (Å²) in [5.74, 6) is -0.101. The van der Waals surface area contributed by atoms with Gasteiger partial charge in [0, 0.05) is 26.2 Å². The third kappa shape index (κ3) is 2.77. The van der Waals surface area contributed by atoms with E-state index in [9.17, 15) is 4.79 Å². The van der Waals surface area contributed by atoms with Gasteiger partial charge in [0.1, 0.15) is 6.04 Å². The van der Waals surface area contributed by atoms with Gasteiger partial charge in [-0.15, -0.1) is 0 Å². The molecule has 3 rings (SSSR count). The van der Waals surface area contributed by atoms with Gasteiger partial charge in [-0.25, -0.2) is 0 Å². The minimum Gasteiger partial charge on any atom is -0.480 e. The molecule has 2 aromatic rings. The number of carboxylic acid groups (broad SMARTS) is 1. The molecule has 1 N–H and O–H groups in total. The number of hydrogen-bond donors (Lipinski definition) is 1. The number of rotatable bonds is 4. The van der Waals surface area contributed by atoms with Crippen molar-refractivity contribution in [3.05, 3.63) is 30.3 Å². The molecule has 22 heavy (non-hydrogen) atoms. The first-order valence-corrected chi connectivity index (χ1v) is 7.22. The van der Waals surface area contributed by atoms with E-state index in [4.69, 9.17) is 5.11 Å². The minimum absolute atomic E-state index is 0.465. The Morgan fingerprint density at radius 1 is 1.18 bits per heavy atom. The van der Waals surface area contributed by atoms with Gasteiger partial charge in [0.05, 0.1) is 5.69 Å². The maximum absolute atomic E-state index is 11.1. The highest BCUT2D eigenvalue weighted by molar-refractivity contribution is 5.72. The highest BCUT2D eigenvalue weighted by Crippen LogP contribution is 2.17. The maximum atomic E-state index is 11.1. The molecule has 1 aliphatic heterocycles. The number of nitrogens with zero attached hydrogens (tertiary/aromatic N) is 6. The second kappa shape index (κ2) is 6.10. The van der Waals surface area contributed by atoms with Gasteiger partial charge in [-0.1, -0.05) is 23.3 Å². The number of aliphatic carboxylic acids is 1. The number of benzene rings is 1. The predicted molar refractivity (Wildman–Crippen MR) is 80.0 cm³/mol. The molecule has 8 heteroatoms. The van der Waals surface area contributed by atoms with Crippen LogP contribution in [0.15, 0.2) is 30.3 Å². The summed E-state index contributed by atoms with van der Waals surface area (Å²) < 4.78 is 1.70. The van der Waals surface area contributed by atoms with Crippen molar-refractivity contribution in [2.45, 2.75) is 13.0 Å². The third-order valence-electron chi connectivity index (χ3n) is 3.96. The molecule has 1 aromatic heterocycles. The number of piperazine rings is 1. The molecule has 2 heterocycles. The van der Waals surface area contributed by atoms with Crippen molar-refractivity contribution in [3.63, 3.8) is 0 Å². The lowest BCUT2D eigenvalue weighted by Crippen LogP contribution is -2.52. The number of aromatic nitrogens is 4. The van der Waals surface area contributed by atoms with Gasteiger partial charge in [0.2, 0.25) is 5.95 Å². The Labute approximate surface area is 127 Å². The number of carboxylic acids is 1. The fourth-order valence-corrected chi connectivity index (χ4v) is 2.58. The second-order valence-corrected chi connectivity index (χ2v) is 5.26. The van der Waals surface area contributed by atoms with E-state index in [1.807, 2.05) is 35.2 Å². The smallest absolute Gasteiger partial charge is 0.320 e. The fraction of sp³-hybridized carbons (Fsp3) is 0.429. The molecule has 0 unspecified atom stereocenters. The molecule has 0 amide bonds. The number of carbonyl (C=O) groups is 1. The highest BCUT2D eigenvalue weighted by Gasteiger charge is 2.27. The van der Waals surface area contributed by atoms with E-state index in [0.717, 1.165) is 5.69 Å². The lowest BCUT2D eigenvalue weighted by molar-refractivity contribution is -0.142. The highest BCUT2D eigenvalue weighted by atomic mass is 16.4. The Morgan fingerprint density at radius 2 is 1.86 bits per heavy atom. The SMILES string of the molecule is C[C@@H](C(=O)O)N1CCN(c2nnnn2-c2ccccc2)CC1. The Kier molecular flexibility index (Phi) is 4.01. The molecule has 0 aliphatic carbocycles. The van der Waals surface area contributed by atoms with E-state index in [0.29, 0.717) is 32.1 Å². The quantitative estimate of drug-likeness (QED) is 0.866. The Bertz CT molecular complexity index is 636. The molecule has 8 nitrogen and oxygen atoms in total. The predicted octanol–water partition coefficient (Wildman–Crippen LogP) is 0.257. The fourth-order valence-electron chi connectivity index (χ4n) is 2.58. The first-order chi connectivity index (χ1) is 10.7. The van der Waals surface area contributed by atoms with Crippen LogP contribution in [-0.4, -0.2) is 68.4 Å². The summed E-state index contributed by atoms with van der Waals surface area (Å²) in [6.45, 7) is 4.46. The molecule has 0 spiro atoms. The average Bonchev–Trinajstić information content (AvgIpc) is 3.04. The van der Waals surface area contributed by atoms with Crippen LogP contribution in [0.4, 0.5) is 5.95 Å². The molecule has 1 aliphatic rings. The van der Waals surface area contributed by atoms with Gasteiger partial charge in [0.25, 0.3) is 0 Å². The molecule has 0 saturated carbocycles. The third-order valence-corrected chi connectivity index (χ3v) is 3.96. The Hall–Kier alpha value is -2.48. The first kappa shape index (κ1) is 14.5. The van der Waals surface area contributed by atoms with Gasteiger partial charge >= 0.3 is 5.97 Å². The van der Waals surface area contributed by atoms with Crippen LogP contribution in [0.1, 0.15) is 6.92 Å². The van der Waals surface area contributed by atoms with Crippen LogP contribution in [0.2, 0.25) is 0 Å². The molecule has 1 atom stereocenters. The van der Waals surface area contributed by atoms with Gasteiger partial charge in [-0.05, 0) is 29.5 Å². The van der Waals surface area contributed by atoms with E-state index < -0.39 is 12.0 Å². The van der Waals surface area contributed by atoms with Gasteiger partial charge < -0.3 is 10.0 Å². The van der Waals surface area contributed by atoms with Crippen LogP contribution in [0.5, 0.6) is 0 Å². The summed E-state index contributed by atoms with van der Waals surface area (Å²) in [7, 11) is 0. The normalized spacial score (nSPS) is 17.4. The van der Waals surface area contributed by atoms with Crippen molar-refractivity contribution in [2.24, 2.45) is 0 Å². The largest absolute Gasteiger partial charge is 0.480 e. The van der Waals surface area contributed by atoms with Crippen LogP contribution >= 0.6 is 0 Å². The van der Waals surface area contributed by atoms with Crippen molar-refractivity contribution < 1.29 is 9.90 Å². The number of para-hydroxylation sites is 1. The zero-order valence-electron chi connectivity index (χ0n) is 12.3. The Morgan fingerprint density at radius 3 is 2.50 bits per heavy atom. The van der Waals surface area contributed by atoms with E-state index in [1.54, 1.807) is 11.6 Å². The molecule has 0 radical (unpaired) electrons. The van der Waals surface area contributed by atoms with Crippen LogP contribution in [-0.2, 0) is 4.79 Å². The summed E-state index contributed by atoms with van der Waals surface area (Å²) >= 11 is 0. The lowest BCUT2D eigenvalue weighted by atomic mass is 10.2. The standard InChI is InChI=1S/C14H18N6O2/c1-11(13(21)22)18-7-9-19(10-8-18)14-15-16-17-20(14)12-5-3-2-4-6-12/h2-6,11H,7-10H2,1H3,(H,21,22)/t11-/m0/s1. The number of anilines is 1. The monoisotopic (exact) mass is 302 g/mol. The van der Waals surface area contributed by atoms with Crippen molar-refractivity contribution in [3.8, 4) is 5.69 Å². The zero-order chi connectivity index (χ0) is 15.5. The maximum Gasteiger partial charge on any atom is 0.320 e. The van der Waals surface area contributed by atoms with E-state index >= 15 is 0 Å².